The quantitative estimate of drug-likeness (QED) is 0.415. The van der Waals surface area contributed by atoms with E-state index in [0.29, 0.717) is 21.5 Å². The number of hydrogen-bond donors (Lipinski definition) is 1. The van der Waals surface area contributed by atoms with E-state index in [1.54, 1.807) is 11.6 Å². The second kappa shape index (κ2) is 7.28. The average Bonchev–Trinajstić information content (AvgIpc) is 3.24. The van der Waals surface area contributed by atoms with Gasteiger partial charge in [0.15, 0.2) is 0 Å². The highest BCUT2D eigenvalue weighted by Crippen LogP contribution is 2.43. The Balaban J connectivity index is 1.85. The molecule has 0 saturated carbocycles. The number of benzene rings is 3. The van der Waals surface area contributed by atoms with Crippen LogP contribution in [0.4, 0.5) is 0 Å². The summed E-state index contributed by atoms with van der Waals surface area (Å²) in [6.07, 6.45) is 0. The normalized spacial score (nSPS) is 11.1. The van der Waals surface area contributed by atoms with Gasteiger partial charge in [-0.2, -0.15) is 0 Å². The molecule has 0 amide bonds. The van der Waals surface area contributed by atoms with Gasteiger partial charge in [0.25, 0.3) is 5.56 Å². The zero-order valence-corrected chi connectivity index (χ0v) is 17.1. The van der Waals surface area contributed by atoms with Crippen molar-refractivity contribution in [2.24, 2.45) is 7.05 Å². The molecule has 0 saturated heterocycles. The number of pyridine rings is 1. The van der Waals surface area contributed by atoms with E-state index >= 15 is 0 Å². The third-order valence-corrected chi connectivity index (χ3v) is 6.32. The van der Waals surface area contributed by atoms with Gasteiger partial charge in [0.05, 0.1) is 16.1 Å². The second-order valence-corrected chi connectivity index (χ2v) is 8.03. The molecule has 30 heavy (non-hydrogen) atoms. The number of para-hydroxylation sites is 1. The van der Waals surface area contributed by atoms with Gasteiger partial charge in [0, 0.05) is 23.6 Å². The molecule has 0 unspecified atom stereocenters. The largest absolute Gasteiger partial charge is 0.506 e. The van der Waals surface area contributed by atoms with Crippen molar-refractivity contribution < 1.29 is 5.11 Å². The Kier molecular flexibility index (Phi) is 4.45. The number of aromatic nitrogens is 2. The maximum absolute atomic E-state index is 13.3. The van der Waals surface area contributed by atoms with Crippen LogP contribution in [0.1, 0.15) is 0 Å². The molecule has 0 fully saturated rings. The van der Waals surface area contributed by atoms with E-state index in [4.69, 9.17) is 4.98 Å². The van der Waals surface area contributed by atoms with Crippen molar-refractivity contribution in [3.05, 3.63) is 95.3 Å². The lowest BCUT2D eigenvalue weighted by atomic mass is 10.0. The summed E-state index contributed by atoms with van der Waals surface area (Å²) in [4.78, 5) is 18.9. The molecular weight excluding hydrogens is 392 g/mol. The lowest BCUT2D eigenvalue weighted by Gasteiger charge is -2.11. The predicted octanol–water partition coefficient (Wildman–Crippen LogP) is 5.70. The molecule has 4 nitrogen and oxygen atoms in total. The van der Waals surface area contributed by atoms with Crippen LogP contribution in [0.2, 0.25) is 0 Å². The molecular formula is C25H18N2O2S. The van der Waals surface area contributed by atoms with E-state index in [0.717, 1.165) is 16.1 Å². The molecule has 146 valence electrons. The molecule has 0 bridgehead atoms. The fraction of sp³-hybridized carbons (Fsp3) is 0.0400. The van der Waals surface area contributed by atoms with E-state index in [1.165, 1.54) is 11.3 Å². The summed E-state index contributed by atoms with van der Waals surface area (Å²) in [5, 5.41) is 12.6. The number of nitrogens with zero attached hydrogens (tertiary/aromatic N) is 2. The SMILES string of the molecule is Cn1c(=O)c(-c2sc(-c3ccccc3)nc2-c2ccccc2)c(O)c2ccccc21. The van der Waals surface area contributed by atoms with Crippen molar-refractivity contribution in [1.82, 2.24) is 9.55 Å². The lowest BCUT2D eigenvalue weighted by Crippen LogP contribution is -2.19. The molecule has 0 aliphatic rings. The minimum atomic E-state index is -0.244. The van der Waals surface area contributed by atoms with Gasteiger partial charge >= 0.3 is 0 Å². The predicted molar refractivity (Wildman–Crippen MR) is 123 cm³/mol. The molecule has 5 aromatic rings. The first kappa shape index (κ1) is 18.3. The molecule has 0 spiro atoms. The van der Waals surface area contributed by atoms with Crippen molar-refractivity contribution in [2.45, 2.75) is 0 Å². The summed E-state index contributed by atoms with van der Waals surface area (Å²) in [6.45, 7) is 0. The van der Waals surface area contributed by atoms with Crippen molar-refractivity contribution in [3.8, 4) is 38.0 Å². The van der Waals surface area contributed by atoms with E-state index in [9.17, 15) is 9.90 Å². The molecule has 0 radical (unpaired) electrons. The van der Waals surface area contributed by atoms with Gasteiger partial charge in [-0.05, 0) is 12.1 Å². The van der Waals surface area contributed by atoms with E-state index < -0.39 is 0 Å². The van der Waals surface area contributed by atoms with Crippen LogP contribution in [0.15, 0.2) is 89.7 Å². The highest BCUT2D eigenvalue weighted by Gasteiger charge is 2.23. The monoisotopic (exact) mass is 410 g/mol. The number of hydrogen-bond acceptors (Lipinski definition) is 4. The fourth-order valence-electron chi connectivity index (χ4n) is 3.67. The number of fused-ring (bicyclic) bond motifs is 1. The summed E-state index contributed by atoms with van der Waals surface area (Å²) < 4.78 is 1.58. The number of aryl methyl sites for hydroxylation is 1. The Bertz CT molecular complexity index is 1420. The standard InChI is InChI=1S/C25H18N2O2S/c1-27-19-15-9-8-14-18(19)22(28)20(25(27)29)23-21(16-10-4-2-5-11-16)26-24(30-23)17-12-6-3-7-13-17/h2-15,28H,1H3. The molecule has 3 aromatic carbocycles. The van der Waals surface area contributed by atoms with Crippen LogP contribution in [0, 0.1) is 0 Å². The highest BCUT2D eigenvalue weighted by atomic mass is 32.1. The second-order valence-electron chi connectivity index (χ2n) is 7.03. The van der Waals surface area contributed by atoms with Crippen LogP contribution < -0.4 is 5.56 Å². The van der Waals surface area contributed by atoms with Gasteiger partial charge in [0.1, 0.15) is 16.3 Å². The van der Waals surface area contributed by atoms with Crippen molar-refractivity contribution in [2.75, 3.05) is 0 Å². The van der Waals surface area contributed by atoms with Gasteiger partial charge in [-0.3, -0.25) is 4.79 Å². The van der Waals surface area contributed by atoms with Crippen molar-refractivity contribution in [3.63, 3.8) is 0 Å². The summed E-state index contributed by atoms with van der Waals surface area (Å²) in [5.41, 5.74) is 3.31. The summed E-state index contributed by atoms with van der Waals surface area (Å²) in [6, 6.07) is 27.0. The number of rotatable bonds is 3. The maximum atomic E-state index is 13.3. The van der Waals surface area contributed by atoms with Gasteiger partial charge in [-0.1, -0.05) is 72.8 Å². The topological polar surface area (TPSA) is 55.1 Å². The molecule has 2 aromatic heterocycles. The smallest absolute Gasteiger partial charge is 0.263 e. The third kappa shape index (κ3) is 2.91. The Morgan fingerprint density at radius 3 is 2.13 bits per heavy atom. The van der Waals surface area contributed by atoms with Crippen molar-refractivity contribution in [1.29, 1.82) is 0 Å². The van der Waals surface area contributed by atoms with Crippen LogP contribution >= 0.6 is 11.3 Å². The van der Waals surface area contributed by atoms with E-state index in [-0.39, 0.29) is 16.9 Å². The molecule has 5 rings (SSSR count). The molecule has 2 heterocycles. The Labute approximate surface area is 177 Å². The molecule has 0 aliphatic carbocycles. The Morgan fingerprint density at radius 2 is 1.43 bits per heavy atom. The summed E-state index contributed by atoms with van der Waals surface area (Å²) in [5.74, 6) is -0.00542. The highest BCUT2D eigenvalue weighted by molar-refractivity contribution is 7.19. The first-order valence-electron chi connectivity index (χ1n) is 9.58. The van der Waals surface area contributed by atoms with Crippen LogP contribution in [0.5, 0.6) is 5.75 Å². The summed E-state index contributed by atoms with van der Waals surface area (Å²) in [7, 11) is 1.73. The minimum absolute atomic E-state index is 0.00542. The summed E-state index contributed by atoms with van der Waals surface area (Å²) >= 11 is 1.42. The molecule has 1 N–H and O–H groups in total. The third-order valence-electron chi connectivity index (χ3n) is 5.20. The first-order valence-corrected chi connectivity index (χ1v) is 10.4. The average molecular weight is 410 g/mol. The zero-order valence-electron chi connectivity index (χ0n) is 16.2. The van der Waals surface area contributed by atoms with Crippen LogP contribution in [0.25, 0.3) is 43.2 Å². The first-order chi connectivity index (χ1) is 14.6. The van der Waals surface area contributed by atoms with Crippen LogP contribution in [-0.4, -0.2) is 14.7 Å². The number of thiazole rings is 1. The van der Waals surface area contributed by atoms with Gasteiger partial charge in [-0.15, -0.1) is 11.3 Å². The van der Waals surface area contributed by atoms with E-state index in [2.05, 4.69) is 0 Å². The van der Waals surface area contributed by atoms with Gasteiger partial charge in [0.2, 0.25) is 0 Å². The zero-order chi connectivity index (χ0) is 20.7. The van der Waals surface area contributed by atoms with Crippen LogP contribution in [0.3, 0.4) is 0 Å². The Hall–Kier alpha value is -3.70. The lowest BCUT2D eigenvalue weighted by molar-refractivity contribution is 0.482. The molecule has 0 aliphatic heterocycles. The maximum Gasteiger partial charge on any atom is 0.263 e. The van der Waals surface area contributed by atoms with Gasteiger partial charge in [-0.25, -0.2) is 4.98 Å². The Morgan fingerprint density at radius 1 is 0.833 bits per heavy atom. The van der Waals surface area contributed by atoms with E-state index in [1.807, 2.05) is 84.9 Å². The van der Waals surface area contributed by atoms with Crippen LogP contribution in [-0.2, 0) is 7.05 Å². The van der Waals surface area contributed by atoms with Gasteiger partial charge < -0.3 is 9.67 Å². The van der Waals surface area contributed by atoms with Crippen molar-refractivity contribution >= 4 is 22.2 Å². The molecule has 0 atom stereocenters. The fourth-order valence-corrected chi connectivity index (χ4v) is 4.80. The minimum Gasteiger partial charge on any atom is -0.506 e. The number of aromatic hydroxyl groups is 1. The molecule has 5 heteroatoms.